The molecular formula is C25H30N2O4. The van der Waals surface area contributed by atoms with Gasteiger partial charge in [-0.25, -0.2) is 0 Å². The van der Waals surface area contributed by atoms with Gasteiger partial charge in [0.2, 0.25) is 5.91 Å². The van der Waals surface area contributed by atoms with Crippen molar-refractivity contribution in [1.82, 2.24) is 9.80 Å². The molecule has 2 aromatic rings. The topological polar surface area (TPSA) is 59.1 Å². The third-order valence-electron chi connectivity index (χ3n) is 6.01. The predicted octanol–water partition coefficient (Wildman–Crippen LogP) is 3.67. The molecule has 164 valence electrons. The van der Waals surface area contributed by atoms with Crippen molar-refractivity contribution in [2.45, 2.75) is 45.7 Å². The maximum Gasteiger partial charge on any atom is 0.254 e. The van der Waals surface area contributed by atoms with Crippen molar-refractivity contribution in [1.29, 1.82) is 0 Å². The Balaban J connectivity index is 1.51. The maximum atomic E-state index is 13.4. The molecule has 2 aliphatic rings. The van der Waals surface area contributed by atoms with Crippen LogP contribution < -0.4 is 9.47 Å². The van der Waals surface area contributed by atoms with E-state index in [-0.39, 0.29) is 17.9 Å². The van der Waals surface area contributed by atoms with Crippen LogP contribution in [-0.2, 0) is 17.8 Å². The van der Waals surface area contributed by atoms with Crippen LogP contribution in [0.25, 0.3) is 0 Å². The number of benzene rings is 2. The van der Waals surface area contributed by atoms with Crippen LogP contribution in [0.15, 0.2) is 42.5 Å². The summed E-state index contributed by atoms with van der Waals surface area (Å²) in [5.74, 6) is 1.46. The van der Waals surface area contributed by atoms with Crippen LogP contribution in [0.3, 0.4) is 0 Å². The molecule has 6 nitrogen and oxygen atoms in total. The van der Waals surface area contributed by atoms with Crippen molar-refractivity contribution >= 4 is 11.8 Å². The average Bonchev–Trinajstić information content (AvgIpc) is 3.29. The molecule has 0 bridgehead atoms. The molecule has 0 radical (unpaired) electrons. The Morgan fingerprint density at radius 1 is 0.968 bits per heavy atom. The molecule has 0 saturated carbocycles. The Bertz CT molecular complexity index is 944. The Kier molecular flexibility index (Phi) is 6.44. The summed E-state index contributed by atoms with van der Waals surface area (Å²) in [6.45, 7) is 6.85. The van der Waals surface area contributed by atoms with E-state index in [2.05, 4.69) is 0 Å². The van der Waals surface area contributed by atoms with Gasteiger partial charge in [-0.2, -0.15) is 0 Å². The highest BCUT2D eigenvalue weighted by Crippen LogP contribution is 2.34. The highest BCUT2D eigenvalue weighted by atomic mass is 16.5. The van der Waals surface area contributed by atoms with E-state index in [0.717, 1.165) is 29.9 Å². The van der Waals surface area contributed by atoms with Gasteiger partial charge in [0.15, 0.2) is 11.5 Å². The number of carbonyl (C=O) groups excluding carboxylic acids is 2. The summed E-state index contributed by atoms with van der Waals surface area (Å²) < 4.78 is 11.5. The van der Waals surface area contributed by atoms with Crippen molar-refractivity contribution in [3.05, 3.63) is 59.2 Å². The fourth-order valence-electron chi connectivity index (χ4n) is 4.51. The van der Waals surface area contributed by atoms with Gasteiger partial charge in [-0.3, -0.25) is 9.59 Å². The second-order valence-corrected chi connectivity index (χ2v) is 7.97. The molecule has 31 heavy (non-hydrogen) atoms. The summed E-state index contributed by atoms with van der Waals surface area (Å²) in [6, 6.07) is 12.9. The summed E-state index contributed by atoms with van der Waals surface area (Å²) in [7, 11) is 0. The lowest BCUT2D eigenvalue weighted by atomic mass is 9.98. The number of rotatable bonds is 6. The first-order valence-corrected chi connectivity index (χ1v) is 11.2. The number of nitrogens with zero attached hydrogens (tertiary/aromatic N) is 2. The molecule has 2 amide bonds. The lowest BCUT2D eigenvalue weighted by molar-refractivity contribution is -0.136. The standard InChI is InChI=1S/C25H30N2O4/c1-3-30-22-15-19-12-14-26(17-20(19)16-23(22)31-4-2)25(29)21-11-8-13-27(21)24(28)18-9-6-5-7-10-18/h5-7,9-10,15-16,21H,3-4,8,11-14,17H2,1-2H3. The van der Waals surface area contributed by atoms with E-state index in [1.165, 1.54) is 5.56 Å². The Morgan fingerprint density at radius 2 is 1.65 bits per heavy atom. The zero-order valence-corrected chi connectivity index (χ0v) is 18.3. The monoisotopic (exact) mass is 422 g/mol. The van der Waals surface area contributed by atoms with Gasteiger partial charge < -0.3 is 19.3 Å². The summed E-state index contributed by atoms with van der Waals surface area (Å²) >= 11 is 0. The molecule has 1 fully saturated rings. The first-order valence-electron chi connectivity index (χ1n) is 11.2. The minimum atomic E-state index is -0.386. The number of amides is 2. The molecule has 0 aliphatic carbocycles. The molecule has 0 N–H and O–H groups in total. The zero-order valence-electron chi connectivity index (χ0n) is 18.3. The molecule has 1 saturated heterocycles. The molecule has 1 unspecified atom stereocenters. The normalized spacial score (nSPS) is 17.9. The third-order valence-corrected chi connectivity index (χ3v) is 6.01. The molecule has 0 aromatic heterocycles. The molecule has 2 aliphatic heterocycles. The number of likely N-dealkylation sites (tertiary alicyclic amines) is 1. The van der Waals surface area contributed by atoms with Crippen LogP contribution in [-0.4, -0.2) is 54.0 Å². The van der Waals surface area contributed by atoms with Gasteiger partial charge in [0.05, 0.1) is 13.2 Å². The van der Waals surface area contributed by atoms with Gasteiger partial charge in [-0.1, -0.05) is 18.2 Å². The summed E-state index contributed by atoms with van der Waals surface area (Å²) in [4.78, 5) is 30.0. The SMILES string of the molecule is CCOc1cc2c(cc1OCC)CN(C(=O)C1CCCN1C(=O)c1ccccc1)CC2. The van der Waals surface area contributed by atoms with E-state index in [1.54, 1.807) is 4.90 Å². The number of carbonyl (C=O) groups is 2. The van der Waals surface area contributed by atoms with Crippen LogP contribution in [0.5, 0.6) is 11.5 Å². The largest absolute Gasteiger partial charge is 0.490 e. The molecule has 2 aromatic carbocycles. The molecule has 2 heterocycles. The molecule has 1 atom stereocenters. The number of hydrogen-bond acceptors (Lipinski definition) is 4. The van der Waals surface area contributed by atoms with E-state index in [4.69, 9.17) is 9.47 Å². The quantitative estimate of drug-likeness (QED) is 0.713. The maximum absolute atomic E-state index is 13.4. The predicted molar refractivity (Wildman–Crippen MR) is 118 cm³/mol. The fraction of sp³-hybridized carbons (Fsp3) is 0.440. The van der Waals surface area contributed by atoms with E-state index in [0.29, 0.717) is 44.8 Å². The van der Waals surface area contributed by atoms with E-state index in [9.17, 15) is 9.59 Å². The van der Waals surface area contributed by atoms with Crippen molar-refractivity contribution in [3.63, 3.8) is 0 Å². The van der Waals surface area contributed by atoms with E-state index >= 15 is 0 Å². The molecule has 0 spiro atoms. The smallest absolute Gasteiger partial charge is 0.254 e. The van der Waals surface area contributed by atoms with Gasteiger partial charge in [-0.15, -0.1) is 0 Å². The number of hydrogen-bond donors (Lipinski definition) is 0. The Labute approximate surface area is 183 Å². The minimum absolute atomic E-state index is 0.0410. The van der Waals surface area contributed by atoms with Crippen molar-refractivity contribution in [2.75, 3.05) is 26.3 Å². The third kappa shape index (κ3) is 4.38. The highest BCUT2D eigenvalue weighted by Gasteiger charge is 2.37. The zero-order chi connectivity index (χ0) is 21.8. The van der Waals surface area contributed by atoms with Crippen molar-refractivity contribution in [2.24, 2.45) is 0 Å². The van der Waals surface area contributed by atoms with Gasteiger partial charge in [-0.05, 0) is 68.5 Å². The average molecular weight is 423 g/mol. The van der Waals surface area contributed by atoms with Gasteiger partial charge in [0, 0.05) is 25.2 Å². The molecular weight excluding hydrogens is 392 g/mol. The number of fused-ring (bicyclic) bond motifs is 1. The first-order chi connectivity index (χ1) is 15.1. The minimum Gasteiger partial charge on any atom is -0.490 e. The van der Waals surface area contributed by atoms with E-state index < -0.39 is 0 Å². The van der Waals surface area contributed by atoms with E-state index in [1.807, 2.05) is 61.2 Å². The van der Waals surface area contributed by atoms with Crippen LogP contribution in [0, 0.1) is 0 Å². The lowest BCUT2D eigenvalue weighted by Crippen LogP contribution is -2.49. The lowest BCUT2D eigenvalue weighted by Gasteiger charge is -2.34. The fourth-order valence-corrected chi connectivity index (χ4v) is 4.51. The summed E-state index contributed by atoms with van der Waals surface area (Å²) in [6.07, 6.45) is 2.34. The van der Waals surface area contributed by atoms with Crippen molar-refractivity contribution < 1.29 is 19.1 Å². The summed E-state index contributed by atoms with van der Waals surface area (Å²) in [5, 5.41) is 0. The summed E-state index contributed by atoms with van der Waals surface area (Å²) in [5.41, 5.74) is 2.92. The Hall–Kier alpha value is -3.02. The second kappa shape index (κ2) is 9.41. The second-order valence-electron chi connectivity index (χ2n) is 7.97. The van der Waals surface area contributed by atoms with Crippen LogP contribution in [0.2, 0.25) is 0 Å². The van der Waals surface area contributed by atoms with Gasteiger partial charge in [0.25, 0.3) is 5.91 Å². The highest BCUT2D eigenvalue weighted by molar-refractivity contribution is 5.98. The van der Waals surface area contributed by atoms with Crippen LogP contribution >= 0.6 is 0 Å². The number of ether oxygens (including phenoxy) is 2. The molecule has 4 rings (SSSR count). The van der Waals surface area contributed by atoms with Crippen molar-refractivity contribution in [3.8, 4) is 11.5 Å². The Morgan fingerprint density at radius 3 is 2.32 bits per heavy atom. The first kappa shape index (κ1) is 21.2. The van der Waals surface area contributed by atoms with Gasteiger partial charge >= 0.3 is 0 Å². The molecule has 6 heteroatoms. The van der Waals surface area contributed by atoms with Crippen LogP contribution in [0.4, 0.5) is 0 Å². The van der Waals surface area contributed by atoms with Crippen LogP contribution in [0.1, 0.15) is 48.2 Å². The van der Waals surface area contributed by atoms with Gasteiger partial charge in [0.1, 0.15) is 6.04 Å².